The van der Waals surface area contributed by atoms with Crippen molar-refractivity contribution >= 4 is 17.2 Å². The first kappa shape index (κ1) is 15.3. The summed E-state index contributed by atoms with van der Waals surface area (Å²) in [6.07, 6.45) is 0.824. The van der Waals surface area contributed by atoms with Gasteiger partial charge in [-0.05, 0) is 30.6 Å². The van der Waals surface area contributed by atoms with Gasteiger partial charge in [-0.15, -0.1) is 0 Å². The molecule has 9 heteroatoms. The molecule has 0 aliphatic heterocycles. The maximum atomic E-state index is 13.0. The van der Waals surface area contributed by atoms with Gasteiger partial charge in [0.15, 0.2) is 0 Å². The Morgan fingerprint density at radius 2 is 2.23 bits per heavy atom. The predicted octanol–water partition coefficient (Wildman–Crippen LogP) is 3.11. The lowest BCUT2D eigenvalue weighted by Crippen LogP contribution is -2.15. The molecule has 1 N–H and O–H groups in total. The standard InChI is InChI=1S/C21H21N5O4/c1-14-6-7-15(20-24-19(30-25-20)13-29-10-9-28-2)11-16(14)23-21(27)17-12-22-18-5-3-4-8-26(17)18/h3-8,11-12H,9-10,13H2,1-2H3,(H,23,27)/i3D,4D,5D,8D. The van der Waals surface area contributed by atoms with Crippen LogP contribution in [0.4, 0.5) is 5.69 Å². The molecule has 9 nitrogen and oxygen atoms in total. The highest BCUT2D eigenvalue weighted by atomic mass is 16.5. The van der Waals surface area contributed by atoms with Crippen LogP contribution in [0.1, 0.15) is 27.4 Å². The number of aryl methyl sites for hydroxylation is 1. The second kappa shape index (κ2) is 8.85. The third kappa shape index (κ3) is 4.22. The van der Waals surface area contributed by atoms with E-state index in [1.807, 2.05) is 6.92 Å². The van der Waals surface area contributed by atoms with E-state index in [0.29, 0.717) is 36.2 Å². The minimum Gasteiger partial charge on any atom is -0.382 e. The number of carbonyl (C=O) groups excluding carboxylic acids is 1. The maximum Gasteiger partial charge on any atom is 0.274 e. The molecule has 0 aliphatic rings. The summed E-state index contributed by atoms with van der Waals surface area (Å²) in [5.41, 5.74) is 1.78. The van der Waals surface area contributed by atoms with Crippen molar-refractivity contribution in [2.45, 2.75) is 13.5 Å². The Labute approximate surface area is 178 Å². The normalized spacial score (nSPS) is 13.0. The largest absolute Gasteiger partial charge is 0.382 e. The maximum absolute atomic E-state index is 13.0. The molecule has 0 unspecified atom stereocenters. The number of amides is 1. The summed E-state index contributed by atoms with van der Waals surface area (Å²) < 4.78 is 48.3. The van der Waals surface area contributed by atoms with Crippen LogP contribution in [0.15, 0.2) is 53.2 Å². The summed E-state index contributed by atoms with van der Waals surface area (Å²) in [5.74, 6) is 0.0417. The van der Waals surface area contributed by atoms with E-state index < -0.39 is 24.2 Å². The van der Waals surface area contributed by atoms with Crippen molar-refractivity contribution in [1.82, 2.24) is 19.5 Å². The summed E-state index contributed by atoms with van der Waals surface area (Å²) in [6, 6.07) is 4.07. The lowest BCUT2D eigenvalue weighted by Gasteiger charge is -2.09. The highest BCUT2D eigenvalue weighted by molar-refractivity contribution is 6.04. The Bertz CT molecular complexity index is 1370. The third-order valence-electron chi connectivity index (χ3n) is 4.27. The zero-order valence-electron chi connectivity index (χ0n) is 20.4. The molecule has 0 spiro atoms. The van der Waals surface area contributed by atoms with Gasteiger partial charge in [0.1, 0.15) is 17.9 Å². The Kier molecular flexibility index (Phi) is 4.51. The van der Waals surface area contributed by atoms with Gasteiger partial charge in [-0.1, -0.05) is 23.3 Å². The van der Waals surface area contributed by atoms with Crippen LogP contribution in [0.2, 0.25) is 0 Å². The van der Waals surface area contributed by atoms with Gasteiger partial charge in [0.05, 0.1) is 24.9 Å². The number of benzene rings is 1. The molecule has 0 aliphatic carbocycles. The summed E-state index contributed by atoms with van der Waals surface area (Å²) in [5, 5.41) is 6.73. The van der Waals surface area contributed by atoms with Crippen molar-refractivity contribution < 1.29 is 24.3 Å². The fraction of sp³-hybridized carbons (Fsp3) is 0.238. The number of hydrogen-bond donors (Lipinski definition) is 1. The Balaban J connectivity index is 1.58. The first-order valence-corrected chi connectivity index (χ1v) is 9.07. The fourth-order valence-electron chi connectivity index (χ4n) is 2.70. The number of fused-ring (bicyclic) bond motifs is 1. The molecule has 0 bridgehead atoms. The molecule has 154 valence electrons. The number of ether oxygens (including phenoxy) is 2. The quantitative estimate of drug-likeness (QED) is 0.444. The Hall–Kier alpha value is -3.56. The van der Waals surface area contributed by atoms with Crippen molar-refractivity contribution in [3.63, 3.8) is 0 Å². The minimum absolute atomic E-state index is 0.0261. The van der Waals surface area contributed by atoms with E-state index in [9.17, 15) is 4.79 Å². The molecule has 3 heterocycles. The molecule has 3 aromatic heterocycles. The summed E-state index contributed by atoms with van der Waals surface area (Å²) in [7, 11) is 1.58. The van der Waals surface area contributed by atoms with Crippen LogP contribution < -0.4 is 5.32 Å². The lowest BCUT2D eigenvalue weighted by atomic mass is 10.1. The number of nitrogens with zero attached hydrogens (tertiary/aromatic N) is 4. The number of nitrogens with one attached hydrogen (secondary N) is 1. The molecule has 0 radical (unpaired) electrons. The van der Waals surface area contributed by atoms with Crippen LogP contribution in [0.25, 0.3) is 17.0 Å². The number of carbonyl (C=O) groups is 1. The van der Waals surface area contributed by atoms with Crippen molar-refractivity contribution in [3.05, 3.63) is 65.8 Å². The highest BCUT2D eigenvalue weighted by Gasteiger charge is 2.15. The Morgan fingerprint density at radius 1 is 1.33 bits per heavy atom. The van der Waals surface area contributed by atoms with E-state index in [4.69, 9.17) is 19.5 Å². The van der Waals surface area contributed by atoms with E-state index in [0.717, 1.165) is 9.96 Å². The van der Waals surface area contributed by atoms with Crippen LogP contribution in [0.5, 0.6) is 0 Å². The third-order valence-corrected chi connectivity index (χ3v) is 4.27. The van der Waals surface area contributed by atoms with Gasteiger partial charge in [0.2, 0.25) is 5.82 Å². The monoisotopic (exact) mass is 411 g/mol. The van der Waals surface area contributed by atoms with E-state index in [1.165, 1.54) is 6.20 Å². The van der Waals surface area contributed by atoms with Crippen LogP contribution in [0, 0.1) is 6.92 Å². The molecule has 30 heavy (non-hydrogen) atoms. The van der Waals surface area contributed by atoms with Crippen molar-refractivity contribution in [2.24, 2.45) is 0 Å². The molecular weight excluding hydrogens is 386 g/mol. The summed E-state index contributed by atoms with van der Waals surface area (Å²) in [6.45, 7) is 2.80. The van der Waals surface area contributed by atoms with Crippen LogP contribution in [-0.4, -0.2) is 45.8 Å². The van der Waals surface area contributed by atoms with E-state index in [-0.39, 0.29) is 24.0 Å². The van der Waals surface area contributed by atoms with Gasteiger partial charge < -0.3 is 19.3 Å². The number of aromatic nitrogens is 4. The second-order valence-corrected chi connectivity index (χ2v) is 6.33. The summed E-state index contributed by atoms with van der Waals surface area (Å²) in [4.78, 5) is 21.3. The minimum atomic E-state index is -0.585. The summed E-state index contributed by atoms with van der Waals surface area (Å²) >= 11 is 0. The number of rotatable bonds is 8. The van der Waals surface area contributed by atoms with Crippen molar-refractivity contribution in [1.29, 1.82) is 0 Å². The van der Waals surface area contributed by atoms with Crippen molar-refractivity contribution in [2.75, 3.05) is 25.6 Å². The zero-order valence-corrected chi connectivity index (χ0v) is 16.4. The topological polar surface area (TPSA) is 104 Å². The van der Waals surface area contributed by atoms with Gasteiger partial charge in [-0.25, -0.2) is 4.98 Å². The average molecular weight is 411 g/mol. The predicted molar refractivity (Wildman–Crippen MR) is 109 cm³/mol. The number of anilines is 1. The molecule has 0 fully saturated rings. The number of hydrogen-bond acceptors (Lipinski definition) is 7. The fourth-order valence-corrected chi connectivity index (χ4v) is 2.70. The van der Waals surface area contributed by atoms with Gasteiger partial charge in [0, 0.05) is 24.5 Å². The van der Waals surface area contributed by atoms with Gasteiger partial charge in [0.25, 0.3) is 11.8 Å². The molecule has 0 saturated heterocycles. The van der Waals surface area contributed by atoms with E-state index in [2.05, 4.69) is 20.4 Å². The molecule has 4 rings (SSSR count). The first-order chi connectivity index (χ1) is 16.3. The van der Waals surface area contributed by atoms with Crippen LogP contribution in [0.3, 0.4) is 0 Å². The zero-order chi connectivity index (χ0) is 24.4. The van der Waals surface area contributed by atoms with Gasteiger partial charge in [-0.2, -0.15) is 4.98 Å². The number of pyridine rings is 1. The smallest absolute Gasteiger partial charge is 0.274 e. The van der Waals surface area contributed by atoms with E-state index in [1.54, 1.807) is 25.3 Å². The number of methoxy groups -OCH3 is 1. The molecular formula is C21H21N5O4. The van der Waals surface area contributed by atoms with Crippen LogP contribution >= 0.6 is 0 Å². The first-order valence-electron chi connectivity index (χ1n) is 11.1. The van der Waals surface area contributed by atoms with Gasteiger partial charge in [-0.3, -0.25) is 9.20 Å². The lowest BCUT2D eigenvalue weighted by molar-refractivity contribution is 0.0494. The SMILES string of the molecule is [2H]c1c([2H])c([2H])n2c(C(=O)Nc3cc(-c4noc(COCCOC)n4)ccc3C)cnc2c1[2H]. The Morgan fingerprint density at radius 3 is 3.10 bits per heavy atom. The van der Waals surface area contributed by atoms with Gasteiger partial charge >= 0.3 is 0 Å². The average Bonchev–Trinajstić information content (AvgIpc) is 3.48. The van der Waals surface area contributed by atoms with E-state index >= 15 is 0 Å². The van der Waals surface area contributed by atoms with Crippen molar-refractivity contribution in [3.8, 4) is 11.4 Å². The molecule has 4 aromatic rings. The molecule has 0 atom stereocenters. The molecule has 1 aromatic carbocycles. The molecule has 0 saturated carbocycles. The second-order valence-electron chi connectivity index (χ2n) is 6.33. The highest BCUT2D eigenvalue weighted by Crippen LogP contribution is 2.24. The number of imidazole rings is 1. The van der Waals surface area contributed by atoms with Crippen LogP contribution in [-0.2, 0) is 16.1 Å². The molecule has 1 amide bonds.